The number of halogens is 2. The van der Waals surface area contributed by atoms with E-state index >= 15 is 0 Å². The molecule has 0 atom stereocenters. The predicted molar refractivity (Wildman–Crippen MR) is 120 cm³/mol. The summed E-state index contributed by atoms with van der Waals surface area (Å²) in [7, 11) is 9.71. The Balaban J connectivity index is -0.000000355. The molecule has 0 aliphatic carbocycles. The molecule has 0 saturated heterocycles. The largest absolute Gasteiger partial charge is 0.214 e. The van der Waals surface area contributed by atoms with Crippen molar-refractivity contribution in [1.29, 1.82) is 0 Å². The molecule has 3 heteroatoms. The minimum atomic E-state index is -0.346. The van der Waals surface area contributed by atoms with Crippen LogP contribution in [0.15, 0.2) is 30.3 Å². The van der Waals surface area contributed by atoms with Gasteiger partial charge in [-0.05, 0) is 0 Å². The molecular formula is C23H43Cl2Ru-3. The van der Waals surface area contributed by atoms with E-state index in [1.165, 1.54) is 50.9 Å². The average molecular weight is 492 g/mol. The van der Waals surface area contributed by atoms with Gasteiger partial charge in [-0.25, -0.2) is 12.1 Å². The van der Waals surface area contributed by atoms with Crippen LogP contribution < -0.4 is 0 Å². The van der Waals surface area contributed by atoms with Crippen LogP contribution in [0.25, 0.3) is 0 Å². The zero-order valence-corrected chi connectivity index (χ0v) is 21.7. The Morgan fingerprint density at radius 1 is 0.846 bits per heavy atom. The van der Waals surface area contributed by atoms with Gasteiger partial charge in [0.25, 0.3) is 0 Å². The van der Waals surface area contributed by atoms with Crippen LogP contribution in [0.2, 0.25) is 0 Å². The van der Waals surface area contributed by atoms with E-state index in [2.05, 4.69) is 55.4 Å². The SMILES string of the molecule is CCCCCCCCC(C)(C)[C-](C)C.C[C-](C)C.[Cl][Ru][Cl].c1cc[cH-]c1. The second-order valence-electron chi connectivity index (χ2n) is 7.91. The molecule has 0 bridgehead atoms. The summed E-state index contributed by atoms with van der Waals surface area (Å²) < 4.78 is 0. The van der Waals surface area contributed by atoms with E-state index in [4.69, 9.17) is 19.4 Å². The summed E-state index contributed by atoms with van der Waals surface area (Å²) >= 11 is -0.346. The molecule has 0 aliphatic heterocycles. The summed E-state index contributed by atoms with van der Waals surface area (Å²) in [5.74, 6) is 2.99. The first-order chi connectivity index (χ1) is 12.2. The third-order valence-corrected chi connectivity index (χ3v) is 4.06. The molecule has 0 aliphatic rings. The zero-order chi connectivity index (χ0) is 20.8. The maximum atomic E-state index is 4.85. The van der Waals surface area contributed by atoms with Gasteiger partial charge in [0.05, 0.1) is 0 Å². The van der Waals surface area contributed by atoms with Crippen LogP contribution >= 0.6 is 19.4 Å². The third-order valence-electron chi connectivity index (χ3n) is 4.06. The number of unbranched alkanes of at least 4 members (excludes halogenated alkanes) is 5. The van der Waals surface area contributed by atoms with Gasteiger partial charge in [-0.15, -0.1) is 0 Å². The monoisotopic (exact) mass is 491 g/mol. The van der Waals surface area contributed by atoms with Crippen molar-refractivity contribution in [2.45, 2.75) is 100 Å². The van der Waals surface area contributed by atoms with Crippen LogP contribution in [-0.4, -0.2) is 0 Å². The maximum Gasteiger partial charge on any atom is -0.172 e. The van der Waals surface area contributed by atoms with E-state index in [-0.39, 0.29) is 15.1 Å². The maximum absolute atomic E-state index is 4.85. The first-order valence-corrected chi connectivity index (χ1v) is 14.2. The summed E-state index contributed by atoms with van der Waals surface area (Å²) in [6.45, 7) is 17.8. The first kappa shape index (κ1) is 31.3. The van der Waals surface area contributed by atoms with Crippen molar-refractivity contribution in [1.82, 2.24) is 0 Å². The van der Waals surface area contributed by atoms with E-state index in [0.29, 0.717) is 5.41 Å². The fourth-order valence-corrected chi connectivity index (χ4v) is 1.92. The van der Waals surface area contributed by atoms with Crippen molar-refractivity contribution in [3.05, 3.63) is 42.2 Å². The molecule has 1 rings (SSSR count). The molecule has 1 aromatic rings. The second-order valence-corrected chi connectivity index (χ2v) is 10.6. The van der Waals surface area contributed by atoms with E-state index in [0.717, 1.165) is 0 Å². The molecule has 0 N–H and O–H groups in total. The van der Waals surface area contributed by atoms with E-state index in [1.807, 2.05) is 30.3 Å². The van der Waals surface area contributed by atoms with Crippen LogP contribution in [0.4, 0.5) is 0 Å². The molecule has 0 spiro atoms. The quantitative estimate of drug-likeness (QED) is 0.193. The molecule has 0 amide bonds. The molecule has 0 nitrogen and oxygen atoms in total. The van der Waals surface area contributed by atoms with Crippen molar-refractivity contribution in [2.75, 3.05) is 0 Å². The predicted octanol–water partition coefficient (Wildman–Crippen LogP) is 9.78. The molecule has 0 aromatic heterocycles. The van der Waals surface area contributed by atoms with Gasteiger partial charge in [0.15, 0.2) is 0 Å². The minimum Gasteiger partial charge on any atom is -0.214 e. The van der Waals surface area contributed by atoms with Gasteiger partial charge in [-0.3, -0.25) is 0 Å². The Morgan fingerprint density at radius 2 is 1.23 bits per heavy atom. The molecule has 0 radical (unpaired) electrons. The molecule has 160 valence electrons. The van der Waals surface area contributed by atoms with E-state index in [1.54, 1.807) is 5.92 Å². The smallest absolute Gasteiger partial charge is 0.172 e. The molecule has 0 saturated carbocycles. The van der Waals surface area contributed by atoms with Gasteiger partial charge < -0.3 is 11.8 Å². The Hall–Kier alpha value is 0.553. The topological polar surface area (TPSA) is 0 Å². The first-order valence-electron chi connectivity index (χ1n) is 9.74. The van der Waals surface area contributed by atoms with Crippen molar-refractivity contribution in [3.8, 4) is 0 Å². The summed E-state index contributed by atoms with van der Waals surface area (Å²) in [5.41, 5.74) is 0.463. The Bertz CT molecular complexity index is 299. The molecule has 0 heterocycles. The van der Waals surface area contributed by atoms with Gasteiger partial charge in [0, 0.05) is 0 Å². The number of rotatable bonds is 8. The Labute approximate surface area is 181 Å². The van der Waals surface area contributed by atoms with Gasteiger partial charge >= 0.3 is 34.5 Å². The van der Waals surface area contributed by atoms with Gasteiger partial charge in [0.2, 0.25) is 0 Å². The van der Waals surface area contributed by atoms with Crippen LogP contribution in [0, 0.1) is 17.3 Å². The summed E-state index contributed by atoms with van der Waals surface area (Å²) in [5, 5.41) is 0. The average Bonchev–Trinajstić information content (AvgIpc) is 3.10. The number of hydrogen-bond donors (Lipinski definition) is 0. The van der Waals surface area contributed by atoms with Crippen molar-refractivity contribution >= 4 is 19.4 Å². The molecule has 1 aromatic carbocycles. The van der Waals surface area contributed by atoms with Gasteiger partial charge in [0.1, 0.15) is 0 Å². The third kappa shape index (κ3) is 32.2. The summed E-state index contributed by atoms with van der Waals surface area (Å²) in [6.07, 6.45) is 9.84. The van der Waals surface area contributed by atoms with Crippen molar-refractivity contribution < 1.29 is 15.1 Å². The standard InChI is InChI=1S/C14H29.C5H5.C4H9.2ClH.Ru/c1-6-7-8-9-10-11-12-14(4,5)13(2)3;1-2-4-5-3-1;1-4(2)3;;;/h6-12H2,1-5H3;1-5H;1-3H3;2*1H;/q3*-1;;;+2/p-2. The minimum absolute atomic E-state index is 0.346. The van der Waals surface area contributed by atoms with Crippen molar-refractivity contribution in [2.24, 2.45) is 5.41 Å². The van der Waals surface area contributed by atoms with Crippen LogP contribution in [0.3, 0.4) is 0 Å². The fourth-order valence-electron chi connectivity index (χ4n) is 1.92. The number of hydrogen-bond acceptors (Lipinski definition) is 0. The second kappa shape index (κ2) is 23.6. The zero-order valence-electron chi connectivity index (χ0n) is 18.4. The van der Waals surface area contributed by atoms with Gasteiger partial charge in [-0.2, -0.15) is 58.2 Å². The Kier molecular flexibility index (Phi) is 28.4. The molecule has 0 fully saturated rings. The van der Waals surface area contributed by atoms with Gasteiger partial charge in [-0.1, -0.05) is 65.7 Å². The molecule has 0 unspecified atom stereocenters. The van der Waals surface area contributed by atoms with Crippen LogP contribution in [0.5, 0.6) is 0 Å². The normalized spacial score (nSPS) is 10.5. The summed E-state index contributed by atoms with van der Waals surface area (Å²) in [6, 6.07) is 10.0. The van der Waals surface area contributed by atoms with E-state index in [9.17, 15) is 0 Å². The summed E-state index contributed by atoms with van der Waals surface area (Å²) in [4.78, 5) is 0. The molecule has 26 heavy (non-hydrogen) atoms. The Morgan fingerprint density at radius 3 is 1.54 bits per heavy atom. The van der Waals surface area contributed by atoms with Crippen LogP contribution in [0.1, 0.15) is 100 Å². The fraction of sp³-hybridized carbons (Fsp3) is 0.696. The van der Waals surface area contributed by atoms with Crippen molar-refractivity contribution in [3.63, 3.8) is 0 Å². The van der Waals surface area contributed by atoms with Crippen LogP contribution in [-0.2, 0) is 15.1 Å². The molecular weight excluding hydrogens is 448 g/mol. The van der Waals surface area contributed by atoms with E-state index < -0.39 is 0 Å².